The second kappa shape index (κ2) is 3.32. The standard InChI is InChI=1S/C7H17NO2/c1-7(2,3)4-5(9)6(8)10/h5-6,9-10H,4,8H2,1-3H3. The molecule has 0 bridgehead atoms. The van der Waals surface area contributed by atoms with Gasteiger partial charge in [-0.2, -0.15) is 0 Å². The molecule has 10 heavy (non-hydrogen) atoms. The summed E-state index contributed by atoms with van der Waals surface area (Å²) >= 11 is 0. The zero-order valence-electron chi connectivity index (χ0n) is 6.83. The zero-order chi connectivity index (χ0) is 8.36. The smallest absolute Gasteiger partial charge is 0.128 e. The van der Waals surface area contributed by atoms with Gasteiger partial charge in [0.15, 0.2) is 0 Å². The Hall–Kier alpha value is -0.120. The van der Waals surface area contributed by atoms with Crippen molar-refractivity contribution in [2.45, 2.75) is 39.5 Å². The molecular formula is C7H17NO2. The number of hydrogen-bond acceptors (Lipinski definition) is 3. The maximum Gasteiger partial charge on any atom is 0.128 e. The molecule has 3 heteroatoms. The second-order valence-electron chi connectivity index (χ2n) is 3.82. The summed E-state index contributed by atoms with van der Waals surface area (Å²) in [6.07, 6.45) is -1.40. The third-order valence-corrected chi connectivity index (χ3v) is 1.22. The highest BCUT2D eigenvalue weighted by molar-refractivity contribution is 4.70. The predicted octanol–water partition coefficient (Wildman–Crippen LogP) is 0.0606. The number of aliphatic hydroxyl groups excluding tert-OH is 2. The minimum absolute atomic E-state index is 0.0137. The highest BCUT2D eigenvalue weighted by Gasteiger charge is 2.19. The first kappa shape index (κ1) is 9.88. The van der Waals surface area contributed by atoms with E-state index in [4.69, 9.17) is 15.9 Å². The van der Waals surface area contributed by atoms with Crippen molar-refractivity contribution in [3.8, 4) is 0 Å². The van der Waals surface area contributed by atoms with Crippen molar-refractivity contribution in [1.29, 1.82) is 0 Å². The molecule has 0 aromatic carbocycles. The van der Waals surface area contributed by atoms with Crippen molar-refractivity contribution in [3.63, 3.8) is 0 Å². The third kappa shape index (κ3) is 4.73. The van der Waals surface area contributed by atoms with Gasteiger partial charge in [0.2, 0.25) is 0 Å². The zero-order valence-corrected chi connectivity index (χ0v) is 6.83. The molecule has 0 aliphatic heterocycles. The van der Waals surface area contributed by atoms with Crippen molar-refractivity contribution in [2.75, 3.05) is 0 Å². The van der Waals surface area contributed by atoms with Gasteiger partial charge in [0, 0.05) is 0 Å². The van der Waals surface area contributed by atoms with Gasteiger partial charge >= 0.3 is 0 Å². The van der Waals surface area contributed by atoms with E-state index in [-0.39, 0.29) is 5.41 Å². The molecule has 0 fully saturated rings. The largest absolute Gasteiger partial charge is 0.389 e. The first-order valence-electron chi connectivity index (χ1n) is 3.44. The van der Waals surface area contributed by atoms with Crippen molar-refractivity contribution in [1.82, 2.24) is 0 Å². The van der Waals surface area contributed by atoms with E-state index < -0.39 is 12.3 Å². The normalized spacial score (nSPS) is 18.6. The molecule has 3 nitrogen and oxygen atoms in total. The lowest BCUT2D eigenvalue weighted by molar-refractivity contribution is 0.0000482. The van der Waals surface area contributed by atoms with Crippen LogP contribution in [-0.2, 0) is 0 Å². The summed E-state index contributed by atoms with van der Waals surface area (Å²) < 4.78 is 0. The lowest BCUT2D eigenvalue weighted by atomic mass is 9.89. The lowest BCUT2D eigenvalue weighted by Crippen LogP contribution is -2.36. The van der Waals surface area contributed by atoms with E-state index in [1.54, 1.807) is 0 Å². The van der Waals surface area contributed by atoms with E-state index in [1.807, 2.05) is 20.8 Å². The summed E-state index contributed by atoms with van der Waals surface area (Å²) in [5.74, 6) is 0. The molecule has 62 valence electrons. The minimum atomic E-state index is -1.11. The average molecular weight is 147 g/mol. The molecule has 0 aliphatic rings. The first-order chi connectivity index (χ1) is 4.33. The molecule has 2 unspecified atom stereocenters. The Morgan fingerprint density at radius 2 is 1.70 bits per heavy atom. The highest BCUT2D eigenvalue weighted by atomic mass is 16.3. The Morgan fingerprint density at radius 3 is 1.80 bits per heavy atom. The Labute approximate surface area is 61.9 Å². The van der Waals surface area contributed by atoms with Gasteiger partial charge in [-0.15, -0.1) is 0 Å². The molecule has 0 aromatic rings. The van der Waals surface area contributed by atoms with Gasteiger partial charge in [0.25, 0.3) is 0 Å². The molecule has 2 atom stereocenters. The minimum Gasteiger partial charge on any atom is -0.389 e. The molecule has 0 aromatic heterocycles. The van der Waals surface area contributed by atoms with Crippen LogP contribution < -0.4 is 5.73 Å². The van der Waals surface area contributed by atoms with Crippen LogP contribution in [0.4, 0.5) is 0 Å². The molecule has 0 heterocycles. The SMILES string of the molecule is CC(C)(C)CC(O)C(N)O. The summed E-state index contributed by atoms with van der Waals surface area (Å²) in [7, 11) is 0. The maximum atomic E-state index is 9.09. The highest BCUT2D eigenvalue weighted by Crippen LogP contribution is 2.20. The molecule has 0 saturated heterocycles. The number of rotatable bonds is 2. The van der Waals surface area contributed by atoms with E-state index in [9.17, 15) is 0 Å². The maximum absolute atomic E-state index is 9.09. The molecular weight excluding hydrogens is 130 g/mol. The second-order valence-corrected chi connectivity index (χ2v) is 3.82. The van der Waals surface area contributed by atoms with Crippen LogP contribution in [0.25, 0.3) is 0 Å². The van der Waals surface area contributed by atoms with Crippen LogP contribution in [0.3, 0.4) is 0 Å². The monoisotopic (exact) mass is 147 g/mol. The number of nitrogens with two attached hydrogens (primary N) is 1. The average Bonchev–Trinajstić information content (AvgIpc) is 1.60. The van der Waals surface area contributed by atoms with Gasteiger partial charge in [0.1, 0.15) is 6.23 Å². The van der Waals surface area contributed by atoms with Gasteiger partial charge in [0.05, 0.1) is 6.10 Å². The van der Waals surface area contributed by atoms with Crippen molar-refractivity contribution >= 4 is 0 Å². The molecule has 0 saturated carbocycles. The third-order valence-electron chi connectivity index (χ3n) is 1.22. The topological polar surface area (TPSA) is 66.5 Å². The van der Waals surface area contributed by atoms with Crippen LogP contribution in [-0.4, -0.2) is 22.5 Å². The molecule has 0 aliphatic carbocycles. The lowest BCUT2D eigenvalue weighted by Gasteiger charge is -2.23. The predicted molar refractivity (Wildman–Crippen MR) is 40.3 cm³/mol. The number of hydrogen-bond donors (Lipinski definition) is 3. The molecule has 4 N–H and O–H groups in total. The van der Waals surface area contributed by atoms with E-state index >= 15 is 0 Å². The first-order valence-corrected chi connectivity index (χ1v) is 3.44. The fourth-order valence-corrected chi connectivity index (χ4v) is 0.748. The summed E-state index contributed by atoms with van der Waals surface area (Å²) in [4.78, 5) is 0. The fourth-order valence-electron chi connectivity index (χ4n) is 0.748. The van der Waals surface area contributed by atoms with Crippen LogP contribution in [0.15, 0.2) is 0 Å². The Kier molecular flexibility index (Phi) is 3.28. The fraction of sp³-hybridized carbons (Fsp3) is 1.00. The van der Waals surface area contributed by atoms with Gasteiger partial charge in [-0.05, 0) is 11.8 Å². The quantitative estimate of drug-likeness (QED) is 0.484. The molecule has 0 rings (SSSR count). The summed E-state index contributed by atoms with van der Waals surface area (Å²) in [6.45, 7) is 5.95. The van der Waals surface area contributed by atoms with Crippen LogP contribution >= 0.6 is 0 Å². The van der Waals surface area contributed by atoms with E-state index in [1.165, 1.54) is 0 Å². The van der Waals surface area contributed by atoms with Crippen LogP contribution in [0.5, 0.6) is 0 Å². The summed E-state index contributed by atoms with van der Waals surface area (Å²) in [5.41, 5.74) is 5.06. The number of aliphatic hydroxyl groups is 2. The summed E-state index contributed by atoms with van der Waals surface area (Å²) in [6, 6.07) is 0. The van der Waals surface area contributed by atoms with Gasteiger partial charge in [-0.25, -0.2) is 0 Å². The van der Waals surface area contributed by atoms with Crippen LogP contribution in [0, 0.1) is 5.41 Å². The van der Waals surface area contributed by atoms with Crippen LogP contribution in [0.1, 0.15) is 27.2 Å². The van der Waals surface area contributed by atoms with Gasteiger partial charge in [-0.1, -0.05) is 20.8 Å². The van der Waals surface area contributed by atoms with Gasteiger partial charge < -0.3 is 15.9 Å². The Morgan fingerprint density at radius 1 is 1.30 bits per heavy atom. The van der Waals surface area contributed by atoms with E-state index in [2.05, 4.69) is 0 Å². The Bertz CT molecular complexity index is 96.3. The molecule has 0 spiro atoms. The van der Waals surface area contributed by atoms with Crippen LogP contribution in [0.2, 0.25) is 0 Å². The van der Waals surface area contributed by atoms with Crippen molar-refractivity contribution in [3.05, 3.63) is 0 Å². The Balaban J connectivity index is 3.68. The summed E-state index contributed by atoms with van der Waals surface area (Å²) in [5, 5.41) is 17.8. The van der Waals surface area contributed by atoms with Crippen molar-refractivity contribution in [2.24, 2.45) is 11.1 Å². The van der Waals surface area contributed by atoms with Crippen molar-refractivity contribution < 1.29 is 10.2 Å². The molecule has 0 radical (unpaired) electrons. The van der Waals surface area contributed by atoms with Gasteiger partial charge in [-0.3, -0.25) is 0 Å². The van der Waals surface area contributed by atoms with E-state index in [0.717, 1.165) is 0 Å². The molecule has 0 amide bonds. The van der Waals surface area contributed by atoms with E-state index in [0.29, 0.717) is 6.42 Å².